The number of hydrogen-bond acceptors (Lipinski definition) is 4. The summed E-state index contributed by atoms with van der Waals surface area (Å²) in [6, 6.07) is 13.5. The lowest BCUT2D eigenvalue weighted by Crippen LogP contribution is -2.17. The molecule has 0 radical (unpaired) electrons. The fraction of sp³-hybridized carbons (Fsp3) is 0.158. The number of ether oxygens (including phenoxy) is 1. The van der Waals surface area contributed by atoms with Crippen LogP contribution in [0.3, 0.4) is 0 Å². The predicted octanol–water partition coefficient (Wildman–Crippen LogP) is 5.86. The van der Waals surface area contributed by atoms with Crippen molar-refractivity contribution < 1.29 is 18.4 Å². The van der Waals surface area contributed by atoms with Gasteiger partial charge in [0.15, 0.2) is 5.76 Å². The van der Waals surface area contributed by atoms with Crippen LogP contribution < -0.4 is 5.32 Å². The molecule has 0 aliphatic carbocycles. The molecule has 3 rings (SSSR count). The van der Waals surface area contributed by atoms with E-state index in [1.54, 1.807) is 32.0 Å². The zero-order valence-electron chi connectivity index (χ0n) is 14.1. The van der Waals surface area contributed by atoms with Crippen LogP contribution in [0.25, 0.3) is 11.3 Å². The van der Waals surface area contributed by atoms with Crippen molar-refractivity contribution in [3.63, 3.8) is 0 Å². The minimum absolute atomic E-state index is 0.304. The van der Waals surface area contributed by atoms with Crippen molar-refractivity contribution in [1.82, 2.24) is 5.16 Å². The number of hydrogen-bond donors (Lipinski definition) is 1. The van der Waals surface area contributed by atoms with Gasteiger partial charge in [0, 0.05) is 15.6 Å². The molecule has 1 heterocycles. The molecule has 0 spiro atoms. The molecule has 7 heteroatoms. The summed E-state index contributed by atoms with van der Waals surface area (Å²) in [4.78, 5) is 12.3. The molecule has 0 bridgehead atoms. The largest absolute Gasteiger partial charge is 0.441 e. The lowest BCUT2D eigenvalue weighted by molar-refractivity contribution is 0.119. The molecule has 1 aromatic heterocycles. The van der Waals surface area contributed by atoms with Gasteiger partial charge in [-0.2, -0.15) is 0 Å². The average Bonchev–Trinajstić information content (AvgIpc) is 2.96. The zero-order valence-corrected chi connectivity index (χ0v) is 15.7. The lowest BCUT2D eigenvalue weighted by atomic mass is 10.1. The molecule has 0 saturated carbocycles. The van der Waals surface area contributed by atoms with Crippen LogP contribution in [0, 0.1) is 12.7 Å². The van der Waals surface area contributed by atoms with E-state index in [0.717, 1.165) is 10.0 Å². The quantitative estimate of drug-likeness (QED) is 0.575. The zero-order chi connectivity index (χ0) is 18.7. The van der Waals surface area contributed by atoms with Crippen molar-refractivity contribution in [2.24, 2.45) is 0 Å². The summed E-state index contributed by atoms with van der Waals surface area (Å²) in [5, 5.41) is 6.54. The highest BCUT2D eigenvalue weighted by Gasteiger charge is 2.20. The van der Waals surface area contributed by atoms with Crippen molar-refractivity contribution in [3.05, 3.63) is 70.1 Å². The number of carbonyl (C=O) groups is 1. The minimum atomic E-state index is -0.743. The molecule has 3 aromatic rings. The number of rotatable bonds is 4. The maximum atomic E-state index is 13.8. The summed E-state index contributed by atoms with van der Waals surface area (Å²) < 4.78 is 25.4. The Morgan fingerprint density at radius 3 is 2.62 bits per heavy atom. The summed E-state index contributed by atoms with van der Waals surface area (Å²) in [7, 11) is 0. The van der Waals surface area contributed by atoms with E-state index in [2.05, 4.69) is 26.4 Å². The van der Waals surface area contributed by atoms with Gasteiger partial charge in [-0.25, -0.2) is 9.18 Å². The van der Waals surface area contributed by atoms with E-state index in [0.29, 0.717) is 22.7 Å². The number of anilines is 1. The molecular weight excluding hydrogens is 403 g/mol. The molecule has 5 nitrogen and oxygen atoms in total. The van der Waals surface area contributed by atoms with Crippen LogP contribution in [0.2, 0.25) is 0 Å². The number of aryl methyl sites for hydroxylation is 1. The molecule has 1 N–H and O–H groups in total. The van der Waals surface area contributed by atoms with Gasteiger partial charge >= 0.3 is 6.09 Å². The standard InChI is InChI=1S/C19H16BrFN2O3/c1-11-17(18(26-23-11)13-7-9-14(20)10-8-13)22-19(24)25-12(2)15-5-3-4-6-16(15)21/h3-10,12H,1-2H3,(H,22,24). The number of carbonyl (C=O) groups excluding carboxylic acids is 1. The van der Waals surface area contributed by atoms with Gasteiger partial charge in [0.1, 0.15) is 23.3 Å². The maximum absolute atomic E-state index is 13.8. The van der Waals surface area contributed by atoms with Crippen molar-refractivity contribution in [2.75, 3.05) is 5.32 Å². The highest BCUT2D eigenvalue weighted by molar-refractivity contribution is 9.10. The highest BCUT2D eigenvalue weighted by atomic mass is 79.9. The number of aromatic nitrogens is 1. The fourth-order valence-corrected chi connectivity index (χ4v) is 2.74. The van der Waals surface area contributed by atoms with Gasteiger partial charge < -0.3 is 9.26 Å². The second-order valence-corrected chi connectivity index (χ2v) is 6.59. The Morgan fingerprint density at radius 1 is 1.23 bits per heavy atom. The van der Waals surface area contributed by atoms with Gasteiger partial charge in [0.25, 0.3) is 0 Å². The Labute approximate surface area is 158 Å². The average molecular weight is 419 g/mol. The molecule has 1 atom stereocenters. The van der Waals surface area contributed by atoms with Gasteiger partial charge in [-0.05, 0) is 44.2 Å². The molecule has 1 amide bonds. The van der Waals surface area contributed by atoms with E-state index >= 15 is 0 Å². The van der Waals surface area contributed by atoms with Crippen LogP contribution in [0.1, 0.15) is 24.3 Å². The Kier molecular flexibility index (Phi) is 5.37. The van der Waals surface area contributed by atoms with Crippen LogP contribution >= 0.6 is 15.9 Å². The fourth-order valence-electron chi connectivity index (χ4n) is 2.48. The van der Waals surface area contributed by atoms with E-state index in [-0.39, 0.29) is 0 Å². The van der Waals surface area contributed by atoms with Crippen LogP contribution in [0.4, 0.5) is 14.9 Å². The smallest absolute Gasteiger partial charge is 0.412 e. The highest BCUT2D eigenvalue weighted by Crippen LogP contribution is 2.32. The molecule has 0 aliphatic rings. The third kappa shape index (κ3) is 3.94. The molecule has 26 heavy (non-hydrogen) atoms. The van der Waals surface area contributed by atoms with Crippen LogP contribution in [0.15, 0.2) is 57.5 Å². The van der Waals surface area contributed by atoms with Crippen molar-refractivity contribution in [2.45, 2.75) is 20.0 Å². The number of nitrogens with one attached hydrogen (secondary N) is 1. The van der Waals surface area contributed by atoms with Gasteiger partial charge in [-0.1, -0.05) is 39.3 Å². The van der Waals surface area contributed by atoms with Crippen molar-refractivity contribution in [3.8, 4) is 11.3 Å². The number of amides is 1. The second-order valence-electron chi connectivity index (χ2n) is 5.67. The van der Waals surface area contributed by atoms with E-state index in [9.17, 15) is 9.18 Å². The predicted molar refractivity (Wildman–Crippen MR) is 99.3 cm³/mol. The molecule has 0 aliphatic heterocycles. The van der Waals surface area contributed by atoms with E-state index < -0.39 is 18.0 Å². The molecule has 0 fully saturated rings. The van der Waals surface area contributed by atoms with E-state index in [1.807, 2.05) is 24.3 Å². The SMILES string of the molecule is Cc1noc(-c2ccc(Br)cc2)c1NC(=O)OC(C)c1ccccc1F. The summed E-state index contributed by atoms with van der Waals surface area (Å²) in [6.07, 6.45) is -1.46. The monoisotopic (exact) mass is 418 g/mol. The normalized spacial score (nSPS) is 11.8. The summed E-state index contributed by atoms with van der Waals surface area (Å²) >= 11 is 3.37. The summed E-state index contributed by atoms with van der Waals surface area (Å²) in [5.74, 6) is -0.00463. The van der Waals surface area contributed by atoms with Crippen LogP contribution in [0.5, 0.6) is 0 Å². The topological polar surface area (TPSA) is 64.4 Å². The van der Waals surface area contributed by atoms with E-state index in [4.69, 9.17) is 9.26 Å². The number of benzene rings is 2. The second kappa shape index (κ2) is 7.70. The Hall–Kier alpha value is -2.67. The Bertz CT molecular complexity index is 925. The van der Waals surface area contributed by atoms with Crippen molar-refractivity contribution in [1.29, 1.82) is 0 Å². The molecule has 1 unspecified atom stereocenters. The first-order valence-corrected chi connectivity index (χ1v) is 8.69. The first-order valence-electron chi connectivity index (χ1n) is 7.90. The maximum Gasteiger partial charge on any atom is 0.412 e. The first-order chi connectivity index (χ1) is 12.5. The molecular formula is C19H16BrFN2O3. The number of nitrogens with zero attached hydrogens (tertiary/aromatic N) is 1. The third-order valence-corrected chi connectivity index (χ3v) is 4.35. The van der Waals surface area contributed by atoms with Crippen LogP contribution in [-0.2, 0) is 4.74 Å². The minimum Gasteiger partial charge on any atom is -0.441 e. The number of halogens is 2. The summed E-state index contributed by atoms with van der Waals surface area (Å²) in [5.41, 5.74) is 1.99. The van der Waals surface area contributed by atoms with Gasteiger partial charge in [-0.3, -0.25) is 5.32 Å². The Balaban J connectivity index is 1.77. The first kappa shape index (κ1) is 18.1. The van der Waals surface area contributed by atoms with Gasteiger partial charge in [0.2, 0.25) is 0 Å². The molecule has 2 aromatic carbocycles. The van der Waals surface area contributed by atoms with Crippen LogP contribution in [-0.4, -0.2) is 11.2 Å². The molecule has 0 saturated heterocycles. The van der Waals surface area contributed by atoms with Gasteiger partial charge in [-0.15, -0.1) is 0 Å². The summed E-state index contributed by atoms with van der Waals surface area (Å²) in [6.45, 7) is 3.32. The van der Waals surface area contributed by atoms with Crippen molar-refractivity contribution >= 4 is 27.7 Å². The van der Waals surface area contributed by atoms with E-state index in [1.165, 1.54) is 6.07 Å². The van der Waals surface area contributed by atoms with Gasteiger partial charge in [0.05, 0.1) is 0 Å². The Morgan fingerprint density at radius 2 is 1.92 bits per heavy atom. The third-order valence-electron chi connectivity index (χ3n) is 3.82. The lowest BCUT2D eigenvalue weighted by Gasteiger charge is -2.15. The molecule has 134 valence electrons.